The fourth-order valence-corrected chi connectivity index (χ4v) is 3.72. The van der Waals surface area contributed by atoms with E-state index in [2.05, 4.69) is 24.3 Å². The number of halogens is 4. The normalized spacial score (nSPS) is 27.6. The topological polar surface area (TPSA) is 13.7 Å². The highest BCUT2D eigenvalue weighted by Gasteiger charge is 2.38. The Morgan fingerprint density at radius 3 is 1.68 bits per heavy atom. The first-order valence-electron chi connectivity index (χ1n) is 7.77. The lowest BCUT2D eigenvalue weighted by Gasteiger charge is -2.42. The second-order valence-electron chi connectivity index (χ2n) is 5.93. The van der Waals surface area contributed by atoms with Gasteiger partial charge in [0.2, 0.25) is 0 Å². The highest BCUT2D eigenvalue weighted by molar-refractivity contribution is 6.50. The van der Waals surface area contributed by atoms with Gasteiger partial charge >= 0.3 is 7.25 Å². The third-order valence-electron chi connectivity index (χ3n) is 4.51. The van der Waals surface area contributed by atoms with Gasteiger partial charge in [0.05, 0.1) is 19.2 Å². The van der Waals surface area contributed by atoms with Crippen LogP contribution in [0.4, 0.5) is 23.0 Å². The number of methoxy groups -OCH3 is 1. The molecule has 2 bridgehead atoms. The molecule has 2 saturated heterocycles. The van der Waals surface area contributed by atoms with Gasteiger partial charge in [-0.2, -0.15) is 0 Å². The second-order valence-corrected chi connectivity index (χ2v) is 5.93. The minimum Gasteiger partial charge on any atom is -0.497 e. The van der Waals surface area contributed by atoms with Gasteiger partial charge in [-0.15, -0.1) is 0 Å². The van der Waals surface area contributed by atoms with Crippen LogP contribution in [-0.2, 0) is 0 Å². The van der Waals surface area contributed by atoms with E-state index in [0.29, 0.717) is 0 Å². The van der Waals surface area contributed by atoms with Crippen LogP contribution < -0.4 is 9.64 Å². The van der Waals surface area contributed by atoms with E-state index < -0.39 is 7.25 Å². The number of piperidine rings is 2. The Balaban J connectivity index is 0.000000309. The maximum atomic E-state index is 9.75. The van der Waals surface area contributed by atoms with Crippen LogP contribution in [0, 0.1) is 0 Å². The van der Waals surface area contributed by atoms with Crippen molar-refractivity contribution in [3.63, 3.8) is 0 Å². The molecule has 1 aromatic carbocycles. The van der Waals surface area contributed by atoms with Gasteiger partial charge in [-0.3, -0.25) is 4.90 Å². The molecule has 0 atom stereocenters. The Morgan fingerprint density at radius 2 is 1.32 bits per heavy atom. The summed E-state index contributed by atoms with van der Waals surface area (Å²) in [5.41, 5.74) is 1.47. The molecule has 0 saturated carbocycles. The molecule has 0 radical (unpaired) electrons. The molecule has 2 fully saturated rings. The molecule has 0 unspecified atom stereocenters. The van der Waals surface area contributed by atoms with E-state index in [9.17, 15) is 17.3 Å². The molecule has 124 valence electrons. The summed E-state index contributed by atoms with van der Waals surface area (Å²) in [6.07, 6.45) is 8.54. The Labute approximate surface area is 128 Å². The van der Waals surface area contributed by atoms with E-state index in [4.69, 9.17) is 4.74 Å². The molecule has 0 amide bonds. The lowest BCUT2D eigenvalue weighted by molar-refractivity contribution is -0.899. The van der Waals surface area contributed by atoms with Gasteiger partial charge in [-0.25, -0.2) is 0 Å². The van der Waals surface area contributed by atoms with Crippen molar-refractivity contribution >= 4 is 12.9 Å². The molecule has 7 heteroatoms. The number of fused-ring (bicyclic) bond motifs is 2. The summed E-state index contributed by atoms with van der Waals surface area (Å²) >= 11 is 0. The van der Waals surface area contributed by atoms with Crippen LogP contribution in [0.5, 0.6) is 5.75 Å². The fourth-order valence-electron chi connectivity index (χ4n) is 3.72. The summed E-state index contributed by atoms with van der Waals surface area (Å²) in [7, 11) is -4.27. The van der Waals surface area contributed by atoms with Crippen LogP contribution in [0.3, 0.4) is 0 Å². The predicted molar refractivity (Wildman–Crippen MR) is 79.1 cm³/mol. The van der Waals surface area contributed by atoms with Crippen molar-refractivity contribution in [1.82, 2.24) is 0 Å². The first-order valence-corrected chi connectivity index (χ1v) is 7.77. The number of benzene rings is 1. The van der Waals surface area contributed by atoms with Gasteiger partial charge in [0.1, 0.15) is 11.4 Å². The van der Waals surface area contributed by atoms with Crippen LogP contribution in [-0.4, -0.2) is 26.4 Å². The Morgan fingerprint density at radius 1 is 0.909 bits per heavy atom. The highest BCUT2D eigenvalue weighted by atomic mass is 19.5. The van der Waals surface area contributed by atoms with Gasteiger partial charge in [-0.1, -0.05) is 0 Å². The van der Waals surface area contributed by atoms with E-state index in [0.717, 1.165) is 17.8 Å². The van der Waals surface area contributed by atoms with E-state index >= 15 is 0 Å². The number of hydrogen-bond acceptors (Lipinski definition) is 1. The van der Waals surface area contributed by atoms with Crippen LogP contribution >= 0.6 is 0 Å². The molecule has 3 rings (SSSR count). The summed E-state index contributed by atoms with van der Waals surface area (Å²) in [6.45, 7) is 0. The first-order chi connectivity index (χ1) is 10.4. The molecule has 2 aliphatic rings. The Bertz CT molecular complexity index is 438. The molecule has 1 aromatic rings. The zero-order valence-electron chi connectivity index (χ0n) is 12.7. The van der Waals surface area contributed by atoms with Gasteiger partial charge in [-0.05, 0) is 25.0 Å². The van der Waals surface area contributed by atoms with Crippen LogP contribution in [0.1, 0.15) is 38.5 Å². The average molecular weight is 319 g/mol. The predicted octanol–water partition coefficient (Wildman–Crippen LogP) is 3.62. The van der Waals surface area contributed by atoms with Crippen molar-refractivity contribution in [2.75, 3.05) is 7.11 Å². The summed E-state index contributed by atoms with van der Waals surface area (Å²) in [6, 6.07) is 10.5. The van der Waals surface area contributed by atoms with Crippen molar-refractivity contribution in [1.29, 1.82) is 0 Å². The highest BCUT2D eigenvalue weighted by Crippen LogP contribution is 2.25. The monoisotopic (exact) mass is 319 g/mol. The van der Waals surface area contributed by atoms with Crippen LogP contribution in [0.2, 0.25) is 0 Å². The van der Waals surface area contributed by atoms with Crippen molar-refractivity contribution in [2.24, 2.45) is 0 Å². The van der Waals surface area contributed by atoms with Gasteiger partial charge in [0.25, 0.3) is 0 Å². The van der Waals surface area contributed by atoms with Crippen molar-refractivity contribution < 1.29 is 26.9 Å². The smallest absolute Gasteiger partial charge is 0.497 e. The van der Waals surface area contributed by atoms with E-state index in [1.165, 1.54) is 44.2 Å². The summed E-state index contributed by atoms with van der Waals surface area (Å²) in [4.78, 5) is 1.75. The molecule has 0 aromatic heterocycles. The molecular formula is C15H22BF4NO. The summed E-state index contributed by atoms with van der Waals surface area (Å²) in [5, 5.41) is 0. The zero-order valence-corrected chi connectivity index (χ0v) is 12.7. The first kappa shape index (κ1) is 17.1. The minimum atomic E-state index is -6.00. The Hall–Kier alpha value is -1.24. The number of ether oxygens (including phenoxy) is 1. The number of nitrogens with one attached hydrogen (secondary N) is 1. The minimum absolute atomic E-state index is 0.871. The van der Waals surface area contributed by atoms with Gasteiger partial charge < -0.3 is 22.0 Å². The maximum absolute atomic E-state index is 9.75. The standard InChI is InChI=1S/C15H21NO.BF4/c1-17-15-10-8-14(9-11-15)16-12-4-2-5-13(16)7-3-6-12;2-1(3,4)5/h8-13H,2-7H2,1H3;/q;-1/p+1. The van der Waals surface area contributed by atoms with Crippen molar-refractivity contribution in [2.45, 2.75) is 50.6 Å². The quantitative estimate of drug-likeness (QED) is 0.649. The van der Waals surface area contributed by atoms with Gasteiger partial charge in [0.15, 0.2) is 0 Å². The lowest BCUT2D eigenvalue weighted by atomic mass is 9.84. The van der Waals surface area contributed by atoms with Crippen molar-refractivity contribution in [3.05, 3.63) is 24.3 Å². The van der Waals surface area contributed by atoms with Crippen molar-refractivity contribution in [3.8, 4) is 5.75 Å². The van der Waals surface area contributed by atoms with Crippen LogP contribution in [0.15, 0.2) is 24.3 Å². The molecule has 0 spiro atoms. The molecular weight excluding hydrogens is 297 g/mol. The van der Waals surface area contributed by atoms with E-state index in [1.807, 2.05) is 0 Å². The fraction of sp³-hybridized carbons (Fsp3) is 0.600. The third-order valence-corrected chi connectivity index (χ3v) is 4.51. The number of rotatable bonds is 2. The Kier molecular flexibility index (Phi) is 5.72. The largest absolute Gasteiger partial charge is 0.673 e. The molecule has 2 heterocycles. The van der Waals surface area contributed by atoms with E-state index in [1.54, 1.807) is 12.0 Å². The molecule has 22 heavy (non-hydrogen) atoms. The van der Waals surface area contributed by atoms with E-state index in [-0.39, 0.29) is 0 Å². The molecule has 0 aliphatic carbocycles. The maximum Gasteiger partial charge on any atom is 0.673 e. The molecule has 2 aliphatic heterocycles. The summed E-state index contributed by atoms with van der Waals surface area (Å²) < 4.78 is 44.2. The van der Waals surface area contributed by atoms with Gasteiger partial charge in [0, 0.05) is 37.8 Å². The summed E-state index contributed by atoms with van der Waals surface area (Å²) in [5.74, 6) is 0.968. The number of hydrogen-bond donors (Lipinski definition) is 1. The SMILES string of the molecule is COc1ccc([NH+]2C3CCCC2CCC3)cc1.F[B-](F)(F)F. The second kappa shape index (κ2) is 7.35. The lowest BCUT2D eigenvalue weighted by Crippen LogP contribution is -3.16. The molecule has 1 N–H and O–H groups in total. The zero-order chi connectivity index (χ0) is 16.2. The third kappa shape index (κ3) is 4.90. The van der Waals surface area contributed by atoms with Crippen LogP contribution in [0.25, 0.3) is 0 Å². The average Bonchev–Trinajstić information content (AvgIpc) is 2.45. The number of quaternary nitrogens is 1. The molecule has 2 nitrogen and oxygen atoms in total.